The molecular formula is C13H13ClN2O. The van der Waals surface area contributed by atoms with Crippen LogP contribution in [0.1, 0.15) is 5.56 Å². The zero-order valence-corrected chi connectivity index (χ0v) is 10.2. The molecule has 1 aromatic heterocycles. The molecule has 0 amide bonds. The molecule has 0 atom stereocenters. The fourth-order valence-corrected chi connectivity index (χ4v) is 1.63. The number of nitrogens with zero attached hydrogens (tertiary/aromatic N) is 1. The third kappa shape index (κ3) is 3.11. The lowest BCUT2D eigenvalue weighted by molar-refractivity contribution is 0.393. The summed E-state index contributed by atoms with van der Waals surface area (Å²) in [5, 5.41) is 4.02. The molecule has 2 rings (SSSR count). The lowest BCUT2D eigenvalue weighted by Crippen LogP contribution is -2.02. The highest BCUT2D eigenvalue weighted by Crippen LogP contribution is 2.17. The molecule has 17 heavy (non-hydrogen) atoms. The van der Waals surface area contributed by atoms with Crippen LogP contribution >= 0.6 is 11.6 Å². The van der Waals surface area contributed by atoms with E-state index in [1.807, 2.05) is 36.4 Å². The molecule has 1 heterocycles. The highest BCUT2D eigenvalue weighted by Gasteiger charge is 2.02. The Balaban J connectivity index is 2.04. The number of benzene rings is 1. The van der Waals surface area contributed by atoms with Gasteiger partial charge in [0.05, 0.1) is 7.11 Å². The van der Waals surface area contributed by atoms with Crippen molar-refractivity contribution >= 4 is 17.3 Å². The van der Waals surface area contributed by atoms with Crippen LogP contribution in [0.5, 0.6) is 5.88 Å². The Bertz CT molecular complexity index is 485. The minimum atomic E-state index is 0.647. The van der Waals surface area contributed by atoms with E-state index >= 15 is 0 Å². The average molecular weight is 249 g/mol. The smallest absolute Gasteiger partial charge is 0.218 e. The van der Waals surface area contributed by atoms with Crippen LogP contribution in [0, 0.1) is 0 Å². The van der Waals surface area contributed by atoms with E-state index in [9.17, 15) is 0 Å². The van der Waals surface area contributed by atoms with E-state index in [2.05, 4.69) is 10.3 Å². The number of nitrogens with one attached hydrogen (secondary N) is 1. The molecule has 0 saturated heterocycles. The lowest BCUT2D eigenvalue weighted by atomic mass is 10.2. The molecule has 4 heteroatoms. The summed E-state index contributed by atoms with van der Waals surface area (Å²) < 4.78 is 5.18. The minimum Gasteiger partial charge on any atom is -0.481 e. The van der Waals surface area contributed by atoms with E-state index in [-0.39, 0.29) is 0 Å². The highest BCUT2D eigenvalue weighted by molar-refractivity contribution is 6.30. The number of ether oxygens (including phenoxy) is 1. The second kappa shape index (κ2) is 5.55. The van der Waals surface area contributed by atoms with Crippen molar-refractivity contribution in [3.63, 3.8) is 0 Å². The predicted molar refractivity (Wildman–Crippen MR) is 69.6 cm³/mol. The summed E-state index contributed by atoms with van der Waals surface area (Å²) in [5.41, 5.74) is 2.03. The molecule has 0 bridgehead atoms. The molecule has 1 N–H and O–H groups in total. The molecule has 0 aliphatic carbocycles. The normalized spacial score (nSPS) is 10.0. The van der Waals surface area contributed by atoms with Gasteiger partial charge in [-0.3, -0.25) is 0 Å². The molecule has 0 unspecified atom stereocenters. The SMILES string of the molecule is COc1ncccc1CNc1ccc(Cl)cc1. The molecular weight excluding hydrogens is 236 g/mol. The van der Waals surface area contributed by atoms with Crippen molar-refractivity contribution in [1.82, 2.24) is 4.98 Å². The standard InChI is InChI=1S/C13H13ClN2O/c1-17-13-10(3-2-8-15-13)9-16-12-6-4-11(14)5-7-12/h2-8,16H,9H2,1H3. The first-order valence-electron chi connectivity index (χ1n) is 5.27. The lowest BCUT2D eigenvalue weighted by Gasteiger charge is -2.09. The van der Waals surface area contributed by atoms with Crippen LogP contribution in [-0.2, 0) is 6.54 Å². The van der Waals surface area contributed by atoms with Crippen molar-refractivity contribution < 1.29 is 4.74 Å². The number of rotatable bonds is 4. The van der Waals surface area contributed by atoms with Crippen LogP contribution in [0.4, 0.5) is 5.69 Å². The van der Waals surface area contributed by atoms with Crippen LogP contribution in [-0.4, -0.2) is 12.1 Å². The molecule has 0 radical (unpaired) electrons. The summed E-state index contributed by atoms with van der Waals surface area (Å²) in [6.07, 6.45) is 1.71. The molecule has 88 valence electrons. The number of hydrogen-bond acceptors (Lipinski definition) is 3. The minimum absolute atomic E-state index is 0.647. The molecule has 0 saturated carbocycles. The summed E-state index contributed by atoms with van der Waals surface area (Å²) in [7, 11) is 1.62. The van der Waals surface area contributed by atoms with Gasteiger partial charge in [-0.15, -0.1) is 0 Å². The molecule has 0 spiro atoms. The quantitative estimate of drug-likeness (QED) is 0.901. The third-order valence-electron chi connectivity index (χ3n) is 2.37. The van der Waals surface area contributed by atoms with E-state index in [0.717, 1.165) is 16.3 Å². The monoisotopic (exact) mass is 248 g/mol. The van der Waals surface area contributed by atoms with Gasteiger partial charge in [-0.25, -0.2) is 4.98 Å². The van der Waals surface area contributed by atoms with Crippen molar-refractivity contribution in [3.05, 3.63) is 53.2 Å². The molecule has 2 aromatic rings. The number of pyridine rings is 1. The van der Waals surface area contributed by atoms with E-state index in [1.165, 1.54) is 0 Å². The highest BCUT2D eigenvalue weighted by atomic mass is 35.5. The van der Waals surface area contributed by atoms with Gasteiger partial charge in [-0.1, -0.05) is 17.7 Å². The molecule has 0 aliphatic heterocycles. The Morgan fingerprint density at radius 2 is 2.00 bits per heavy atom. The van der Waals surface area contributed by atoms with Crippen LogP contribution < -0.4 is 10.1 Å². The van der Waals surface area contributed by atoms with Gasteiger partial charge < -0.3 is 10.1 Å². The summed E-state index contributed by atoms with van der Waals surface area (Å²) in [6.45, 7) is 0.665. The molecule has 0 aliphatic rings. The van der Waals surface area contributed by atoms with E-state index in [0.29, 0.717) is 12.4 Å². The first-order chi connectivity index (χ1) is 8.29. The fourth-order valence-electron chi connectivity index (χ4n) is 1.51. The Labute approximate surface area is 105 Å². The third-order valence-corrected chi connectivity index (χ3v) is 2.62. The maximum atomic E-state index is 5.82. The Morgan fingerprint density at radius 3 is 2.71 bits per heavy atom. The van der Waals surface area contributed by atoms with Crippen molar-refractivity contribution in [2.75, 3.05) is 12.4 Å². The summed E-state index contributed by atoms with van der Waals surface area (Å²) in [6, 6.07) is 11.4. The number of methoxy groups -OCH3 is 1. The van der Waals surface area contributed by atoms with Crippen molar-refractivity contribution in [2.45, 2.75) is 6.54 Å². The maximum Gasteiger partial charge on any atom is 0.218 e. The number of hydrogen-bond donors (Lipinski definition) is 1. The molecule has 1 aromatic carbocycles. The predicted octanol–water partition coefficient (Wildman–Crippen LogP) is 3.36. The van der Waals surface area contributed by atoms with Gasteiger partial charge in [-0.05, 0) is 30.3 Å². The second-order valence-corrected chi connectivity index (χ2v) is 3.97. The van der Waals surface area contributed by atoms with Gasteiger partial charge in [-0.2, -0.15) is 0 Å². The van der Waals surface area contributed by atoms with E-state index in [1.54, 1.807) is 13.3 Å². The van der Waals surface area contributed by atoms with Gasteiger partial charge in [0.1, 0.15) is 0 Å². The number of halogens is 1. The molecule has 3 nitrogen and oxygen atoms in total. The molecule has 0 fully saturated rings. The van der Waals surface area contributed by atoms with Gasteiger partial charge in [0.25, 0.3) is 0 Å². The van der Waals surface area contributed by atoms with Crippen LogP contribution in [0.15, 0.2) is 42.6 Å². The zero-order valence-electron chi connectivity index (χ0n) is 9.48. The maximum absolute atomic E-state index is 5.82. The number of anilines is 1. The Hall–Kier alpha value is -1.74. The van der Waals surface area contributed by atoms with Crippen LogP contribution in [0.2, 0.25) is 5.02 Å². The fraction of sp³-hybridized carbons (Fsp3) is 0.154. The van der Waals surface area contributed by atoms with Gasteiger partial charge in [0, 0.05) is 29.0 Å². The van der Waals surface area contributed by atoms with Crippen LogP contribution in [0.25, 0.3) is 0 Å². The second-order valence-electron chi connectivity index (χ2n) is 3.53. The zero-order chi connectivity index (χ0) is 12.1. The van der Waals surface area contributed by atoms with Gasteiger partial charge >= 0.3 is 0 Å². The Morgan fingerprint density at radius 1 is 1.24 bits per heavy atom. The van der Waals surface area contributed by atoms with E-state index < -0.39 is 0 Å². The van der Waals surface area contributed by atoms with E-state index in [4.69, 9.17) is 16.3 Å². The number of aromatic nitrogens is 1. The van der Waals surface area contributed by atoms with Crippen molar-refractivity contribution in [1.29, 1.82) is 0 Å². The summed E-state index contributed by atoms with van der Waals surface area (Å²) in [4.78, 5) is 4.14. The first-order valence-corrected chi connectivity index (χ1v) is 5.64. The largest absolute Gasteiger partial charge is 0.481 e. The Kier molecular flexibility index (Phi) is 3.83. The van der Waals surface area contributed by atoms with Crippen molar-refractivity contribution in [3.8, 4) is 5.88 Å². The first kappa shape index (κ1) is 11.7. The average Bonchev–Trinajstić information content (AvgIpc) is 2.38. The summed E-state index contributed by atoms with van der Waals surface area (Å²) >= 11 is 5.82. The van der Waals surface area contributed by atoms with Gasteiger partial charge in [0.15, 0.2) is 0 Å². The topological polar surface area (TPSA) is 34.1 Å². The van der Waals surface area contributed by atoms with Gasteiger partial charge in [0.2, 0.25) is 5.88 Å². The summed E-state index contributed by atoms with van der Waals surface area (Å²) in [5.74, 6) is 0.647. The van der Waals surface area contributed by atoms with Crippen LogP contribution in [0.3, 0.4) is 0 Å². The van der Waals surface area contributed by atoms with Crippen molar-refractivity contribution in [2.24, 2.45) is 0 Å².